The quantitative estimate of drug-likeness (QED) is 0.132. The van der Waals surface area contributed by atoms with Gasteiger partial charge in [0.1, 0.15) is 23.6 Å². The summed E-state index contributed by atoms with van der Waals surface area (Å²) < 4.78 is 6.25. The van der Waals surface area contributed by atoms with Crippen LogP contribution in [0.3, 0.4) is 0 Å². The van der Waals surface area contributed by atoms with Crippen molar-refractivity contribution in [2.75, 3.05) is 20.1 Å². The summed E-state index contributed by atoms with van der Waals surface area (Å²) in [7, 11) is 1.45. The van der Waals surface area contributed by atoms with Crippen LogP contribution in [0.1, 0.15) is 56.1 Å². The van der Waals surface area contributed by atoms with Crippen LogP contribution < -0.4 is 26.0 Å². The van der Waals surface area contributed by atoms with Gasteiger partial charge in [0.2, 0.25) is 17.7 Å². The van der Waals surface area contributed by atoms with Gasteiger partial charge in [-0.15, -0.1) is 0 Å². The predicted molar refractivity (Wildman–Crippen MR) is 203 cm³/mol. The van der Waals surface area contributed by atoms with Gasteiger partial charge in [0.25, 0.3) is 5.91 Å². The number of carbonyl (C=O) groups is 4. The third kappa shape index (κ3) is 11.3. The van der Waals surface area contributed by atoms with Gasteiger partial charge in [0.15, 0.2) is 0 Å². The number of nitrogens with zero attached hydrogens (tertiary/aromatic N) is 2. The van der Waals surface area contributed by atoms with Crippen LogP contribution in [-0.2, 0) is 20.8 Å². The van der Waals surface area contributed by atoms with Gasteiger partial charge in [-0.25, -0.2) is 4.98 Å². The molecule has 4 aromatic rings. The summed E-state index contributed by atoms with van der Waals surface area (Å²) in [5.74, 6) is -1.16. The van der Waals surface area contributed by atoms with Gasteiger partial charge >= 0.3 is 0 Å². The van der Waals surface area contributed by atoms with Gasteiger partial charge in [-0.05, 0) is 63.4 Å². The fourth-order valence-electron chi connectivity index (χ4n) is 6.45. The summed E-state index contributed by atoms with van der Waals surface area (Å²) >= 11 is 0. The van der Waals surface area contributed by atoms with Crippen LogP contribution in [0.5, 0.6) is 5.75 Å². The highest BCUT2D eigenvalue weighted by Crippen LogP contribution is 2.25. The average Bonchev–Trinajstić information content (AvgIpc) is 3.14. The van der Waals surface area contributed by atoms with E-state index in [1.807, 2.05) is 105 Å². The number of aliphatic hydroxyl groups excluding tert-OH is 1. The molecule has 12 nitrogen and oxygen atoms in total. The lowest BCUT2D eigenvalue weighted by Crippen LogP contribution is -2.60. The Hall–Kier alpha value is -5.33. The topological polar surface area (TPSA) is 162 Å². The molecular weight excluding hydrogens is 672 g/mol. The number of benzene rings is 3. The number of hydrogen-bond acceptors (Lipinski definition) is 8. The first-order valence-corrected chi connectivity index (χ1v) is 18.1. The average molecular weight is 723 g/mol. The number of ether oxygens (including phenoxy) is 1. The third-order valence-electron chi connectivity index (χ3n) is 9.15. The number of aromatic nitrogens is 1. The number of hydrogen-bond donors (Lipinski definition) is 5. The molecule has 0 saturated carbocycles. The molecule has 280 valence electrons. The molecule has 12 heteroatoms. The van der Waals surface area contributed by atoms with E-state index in [2.05, 4.69) is 26.3 Å². The highest BCUT2D eigenvalue weighted by molar-refractivity contribution is 5.99. The third-order valence-corrected chi connectivity index (χ3v) is 9.15. The van der Waals surface area contributed by atoms with E-state index in [1.54, 1.807) is 18.2 Å². The molecule has 1 fully saturated rings. The van der Waals surface area contributed by atoms with Crippen molar-refractivity contribution in [1.82, 2.24) is 31.2 Å². The Morgan fingerprint density at radius 3 is 2.28 bits per heavy atom. The number of pyridine rings is 1. The highest BCUT2D eigenvalue weighted by Gasteiger charge is 2.38. The number of piperidine rings is 1. The van der Waals surface area contributed by atoms with Crippen LogP contribution in [-0.4, -0.2) is 94.6 Å². The molecule has 5 N–H and O–H groups in total. The highest BCUT2D eigenvalue weighted by atomic mass is 16.5. The number of amides is 4. The van der Waals surface area contributed by atoms with Crippen molar-refractivity contribution in [3.63, 3.8) is 0 Å². The number of rotatable bonds is 14. The van der Waals surface area contributed by atoms with Crippen molar-refractivity contribution in [3.8, 4) is 5.75 Å². The van der Waals surface area contributed by atoms with Gasteiger partial charge in [-0.2, -0.15) is 0 Å². The zero-order valence-corrected chi connectivity index (χ0v) is 30.7. The van der Waals surface area contributed by atoms with Crippen molar-refractivity contribution in [2.24, 2.45) is 0 Å². The lowest BCUT2D eigenvalue weighted by Gasteiger charge is -2.41. The van der Waals surface area contributed by atoms with Gasteiger partial charge < -0.3 is 31.1 Å². The summed E-state index contributed by atoms with van der Waals surface area (Å²) in [6.45, 7) is 6.30. The minimum absolute atomic E-state index is 0.0749. The standard InChI is InChI=1S/C41H50N6O6/c1-41(2,3)46-40(52)35-24-30(53-29-16-9-6-10-17-29)21-22-47(35)26-36(48)33(23-27-13-7-5-8-14-27)44-39(51)34(25-37(49)42-4)45-38(50)32-20-19-28-15-11-12-18-31(28)43-32/h5-20,30,33-36,48H,21-26H2,1-4H3,(H,42,49)(H,44,51)(H,45,50)(H,46,52)/t30-,33+,34+,35+,36-/m1/s1. The van der Waals surface area contributed by atoms with Crippen LogP contribution >= 0.6 is 0 Å². The van der Waals surface area contributed by atoms with Crippen LogP contribution in [0, 0.1) is 0 Å². The largest absolute Gasteiger partial charge is 0.490 e. The number of likely N-dealkylation sites (tertiary alicyclic amines) is 1. The maximum absolute atomic E-state index is 14.0. The molecule has 0 spiro atoms. The van der Waals surface area contributed by atoms with Gasteiger partial charge in [0.05, 0.1) is 30.1 Å². The first kappa shape index (κ1) is 38.9. The SMILES string of the molecule is CNC(=O)C[C@H](NC(=O)c1ccc2ccccc2n1)C(=O)N[C@@H](Cc1ccccc1)[C@H](O)CN1CC[C@@H](Oc2ccccc2)C[C@H]1C(=O)NC(C)(C)C. The second-order valence-corrected chi connectivity index (χ2v) is 14.5. The molecule has 3 aromatic carbocycles. The lowest BCUT2D eigenvalue weighted by atomic mass is 9.94. The summed E-state index contributed by atoms with van der Waals surface area (Å²) in [5, 5.41) is 24.0. The molecule has 1 aromatic heterocycles. The fourth-order valence-corrected chi connectivity index (χ4v) is 6.45. The molecule has 0 bridgehead atoms. The Labute approximate surface area is 310 Å². The van der Waals surface area contributed by atoms with Gasteiger partial charge in [-0.1, -0.05) is 72.8 Å². The minimum Gasteiger partial charge on any atom is -0.490 e. The summed E-state index contributed by atoms with van der Waals surface area (Å²) in [4.78, 5) is 60.0. The van der Waals surface area contributed by atoms with Crippen molar-refractivity contribution in [1.29, 1.82) is 0 Å². The monoisotopic (exact) mass is 722 g/mol. The molecule has 5 rings (SSSR count). The summed E-state index contributed by atoms with van der Waals surface area (Å²) in [5.41, 5.74) is 1.09. The normalized spacial score (nSPS) is 17.9. The van der Waals surface area contributed by atoms with Crippen LogP contribution in [0.15, 0.2) is 97.1 Å². The summed E-state index contributed by atoms with van der Waals surface area (Å²) in [6.07, 6.45) is -0.392. The molecule has 1 aliphatic rings. The van der Waals surface area contributed by atoms with Crippen LogP contribution in [0.4, 0.5) is 0 Å². The predicted octanol–water partition coefficient (Wildman–Crippen LogP) is 3.38. The van der Waals surface area contributed by atoms with Crippen LogP contribution in [0.25, 0.3) is 10.9 Å². The first-order chi connectivity index (χ1) is 25.4. The lowest BCUT2D eigenvalue weighted by molar-refractivity contribution is -0.132. The smallest absolute Gasteiger partial charge is 0.270 e. The van der Waals surface area contributed by atoms with E-state index in [0.29, 0.717) is 24.9 Å². The van der Waals surface area contributed by atoms with Crippen molar-refractivity contribution in [2.45, 2.75) is 82.3 Å². The second kappa shape index (κ2) is 17.9. The minimum atomic E-state index is -1.27. The Morgan fingerprint density at radius 1 is 0.906 bits per heavy atom. The zero-order valence-electron chi connectivity index (χ0n) is 30.7. The summed E-state index contributed by atoms with van der Waals surface area (Å²) in [6, 6.07) is 26.9. The van der Waals surface area contributed by atoms with Crippen molar-refractivity contribution >= 4 is 34.5 Å². The number of carbonyl (C=O) groups excluding carboxylic acids is 4. The number of aliphatic hydroxyl groups is 1. The Bertz CT molecular complexity index is 1850. The van der Waals surface area contributed by atoms with Crippen molar-refractivity contribution < 1.29 is 29.0 Å². The number of nitrogens with one attached hydrogen (secondary N) is 4. The van der Waals surface area contributed by atoms with E-state index in [4.69, 9.17) is 4.74 Å². The molecular formula is C41H50N6O6. The van der Waals surface area contributed by atoms with E-state index in [9.17, 15) is 24.3 Å². The number of para-hydroxylation sites is 2. The van der Waals surface area contributed by atoms with Crippen LogP contribution in [0.2, 0.25) is 0 Å². The fraction of sp³-hybridized carbons (Fsp3) is 0.390. The molecule has 0 aliphatic carbocycles. The zero-order chi connectivity index (χ0) is 38.0. The second-order valence-electron chi connectivity index (χ2n) is 14.5. The molecule has 0 radical (unpaired) electrons. The van der Waals surface area contributed by atoms with E-state index in [1.165, 1.54) is 7.05 Å². The number of β-amino-alcohol motifs (C(OH)–C–C–N with tert-alkyl or cyclic N) is 1. The Morgan fingerprint density at radius 2 is 1.58 bits per heavy atom. The van der Waals surface area contributed by atoms with Gasteiger partial charge in [0, 0.05) is 37.5 Å². The van der Waals surface area contributed by atoms with Crippen molar-refractivity contribution in [3.05, 3.63) is 108 Å². The molecule has 0 unspecified atom stereocenters. The first-order valence-electron chi connectivity index (χ1n) is 18.1. The molecule has 1 aliphatic heterocycles. The van der Waals surface area contributed by atoms with Gasteiger partial charge in [-0.3, -0.25) is 24.1 Å². The molecule has 2 heterocycles. The molecule has 1 saturated heterocycles. The molecule has 53 heavy (non-hydrogen) atoms. The maximum Gasteiger partial charge on any atom is 0.270 e. The molecule has 4 amide bonds. The maximum atomic E-state index is 14.0. The Balaban J connectivity index is 1.35. The van der Waals surface area contributed by atoms with E-state index in [0.717, 1.165) is 16.7 Å². The Kier molecular flexibility index (Phi) is 13.2. The van der Waals surface area contributed by atoms with E-state index in [-0.39, 0.29) is 37.1 Å². The van der Waals surface area contributed by atoms with E-state index >= 15 is 0 Å². The number of fused-ring (bicyclic) bond motifs is 1. The molecule has 5 atom stereocenters. The van der Waals surface area contributed by atoms with E-state index < -0.39 is 47.5 Å².